The van der Waals surface area contributed by atoms with Crippen LogP contribution in [0.4, 0.5) is 0 Å². The lowest BCUT2D eigenvalue weighted by molar-refractivity contribution is -0.132. The summed E-state index contributed by atoms with van der Waals surface area (Å²) in [6.45, 7) is 3.41. The van der Waals surface area contributed by atoms with Crippen LogP contribution in [0.2, 0.25) is 5.02 Å². The van der Waals surface area contributed by atoms with E-state index in [2.05, 4.69) is 20.9 Å². The minimum Gasteiger partial charge on any atom is -0.490 e. The third kappa shape index (κ3) is 4.43. The number of hydrogen-bond acceptors (Lipinski definition) is 6. The average Bonchev–Trinajstić information content (AvgIpc) is 2.99. The Morgan fingerprint density at radius 2 is 2.07 bits per heavy atom. The number of rotatable bonds is 5. The molecule has 0 spiro atoms. The van der Waals surface area contributed by atoms with E-state index in [0.29, 0.717) is 23.5 Å². The first-order valence-corrected chi connectivity index (χ1v) is 9.48. The lowest BCUT2D eigenvalue weighted by Gasteiger charge is -2.12. The van der Waals surface area contributed by atoms with Gasteiger partial charge >= 0.3 is 11.9 Å². The SMILES string of the molecule is CCOc1cc(/C=C2\N=C(c3ccccc3Br)OC2=O)cc(Cl)c1OC(C)=O. The minimum absolute atomic E-state index is 0.115. The maximum atomic E-state index is 12.2. The van der Waals surface area contributed by atoms with E-state index in [1.165, 1.54) is 13.0 Å². The first-order chi connectivity index (χ1) is 13.4. The van der Waals surface area contributed by atoms with E-state index >= 15 is 0 Å². The van der Waals surface area contributed by atoms with E-state index in [1.54, 1.807) is 25.1 Å². The molecule has 0 amide bonds. The van der Waals surface area contributed by atoms with Crippen LogP contribution >= 0.6 is 27.5 Å². The molecular weight excluding hydrogens is 450 g/mol. The van der Waals surface area contributed by atoms with Gasteiger partial charge in [-0.25, -0.2) is 9.79 Å². The molecule has 0 aliphatic carbocycles. The number of cyclic esters (lactones) is 1. The lowest BCUT2D eigenvalue weighted by atomic mass is 10.1. The highest BCUT2D eigenvalue weighted by molar-refractivity contribution is 9.10. The number of hydrogen-bond donors (Lipinski definition) is 0. The number of halogens is 2. The summed E-state index contributed by atoms with van der Waals surface area (Å²) in [5.41, 5.74) is 1.33. The van der Waals surface area contributed by atoms with Crippen molar-refractivity contribution in [3.63, 3.8) is 0 Å². The van der Waals surface area contributed by atoms with Gasteiger partial charge in [0.1, 0.15) is 0 Å². The average molecular weight is 465 g/mol. The van der Waals surface area contributed by atoms with Gasteiger partial charge in [0.15, 0.2) is 17.2 Å². The van der Waals surface area contributed by atoms with E-state index in [0.717, 1.165) is 4.47 Å². The van der Waals surface area contributed by atoms with Crippen LogP contribution in [0.15, 0.2) is 51.6 Å². The quantitative estimate of drug-likeness (QED) is 0.362. The smallest absolute Gasteiger partial charge is 0.363 e. The summed E-state index contributed by atoms with van der Waals surface area (Å²) in [5.74, 6) is -0.473. The Morgan fingerprint density at radius 3 is 2.75 bits per heavy atom. The number of nitrogens with zero attached hydrogens (tertiary/aromatic N) is 1. The number of aliphatic imine (C=N–C) groups is 1. The second kappa shape index (κ2) is 8.58. The maximum absolute atomic E-state index is 12.2. The Balaban J connectivity index is 1.99. The highest BCUT2D eigenvalue weighted by Gasteiger charge is 2.25. The lowest BCUT2D eigenvalue weighted by Crippen LogP contribution is -2.06. The topological polar surface area (TPSA) is 74.2 Å². The number of benzene rings is 2. The number of esters is 2. The molecule has 0 saturated carbocycles. The zero-order valence-corrected chi connectivity index (χ0v) is 17.3. The molecule has 2 aromatic carbocycles. The summed E-state index contributed by atoms with van der Waals surface area (Å²) in [4.78, 5) is 27.8. The van der Waals surface area contributed by atoms with Gasteiger partial charge in [-0.15, -0.1) is 0 Å². The van der Waals surface area contributed by atoms with Crippen LogP contribution in [0.25, 0.3) is 6.08 Å². The zero-order valence-electron chi connectivity index (χ0n) is 15.0. The fourth-order valence-corrected chi connectivity index (χ4v) is 3.21. The van der Waals surface area contributed by atoms with Crippen molar-refractivity contribution >= 4 is 51.4 Å². The van der Waals surface area contributed by atoms with E-state index in [-0.39, 0.29) is 22.4 Å². The second-order valence-electron chi connectivity index (χ2n) is 5.67. The first kappa shape index (κ1) is 20.1. The molecule has 2 aromatic rings. The highest BCUT2D eigenvalue weighted by Crippen LogP contribution is 2.37. The standard InChI is InChI=1S/C20H15BrClNO5/c1-3-26-17-10-12(8-15(22)18(17)27-11(2)24)9-16-20(25)28-19(23-16)13-6-4-5-7-14(13)21/h4-10H,3H2,1-2H3/b16-9-. The van der Waals surface area contributed by atoms with E-state index < -0.39 is 11.9 Å². The zero-order chi connectivity index (χ0) is 20.3. The molecule has 0 bridgehead atoms. The van der Waals surface area contributed by atoms with E-state index in [9.17, 15) is 9.59 Å². The van der Waals surface area contributed by atoms with Crippen LogP contribution in [-0.4, -0.2) is 24.4 Å². The molecule has 0 aromatic heterocycles. The number of ether oxygens (including phenoxy) is 3. The monoisotopic (exact) mass is 463 g/mol. The van der Waals surface area contributed by atoms with Crippen molar-refractivity contribution in [2.24, 2.45) is 4.99 Å². The largest absolute Gasteiger partial charge is 0.490 e. The molecule has 0 radical (unpaired) electrons. The van der Waals surface area contributed by atoms with Crippen LogP contribution in [0, 0.1) is 0 Å². The fraction of sp³-hybridized carbons (Fsp3) is 0.150. The number of carbonyl (C=O) groups is 2. The van der Waals surface area contributed by atoms with Crippen molar-refractivity contribution in [2.75, 3.05) is 6.61 Å². The summed E-state index contributed by atoms with van der Waals surface area (Å²) >= 11 is 9.65. The van der Waals surface area contributed by atoms with Gasteiger partial charge in [0.05, 0.1) is 17.2 Å². The molecular formula is C20H15BrClNO5. The van der Waals surface area contributed by atoms with Gasteiger partial charge in [0.2, 0.25) is 5.90 Å². The maximum Gasteiger partial charge on any atom is 0.363 e. The van der Waals surface area contributed by atoms with E-state index in [1.807, 2.05) is 18.2 Å². The van der Waals surface area contributed by atoms with Crippen LogP contribution in [0.5, 0.6) is 11.5 Å². The molecule has 0 atom stereocenters. The van der Waals surface area contributed by atoms with Gasteiger partial charge in [0, 0.05) is 11.4 Å². The second-order valence-corrected chi connectivity index (χ2v) is 6.93. The van der Waals surface area contributed by atoms with Crippen molar-refractivity contribution < 1.29 is 23.8 Å². The van der Waals surface area contributed by atoms with Crippen LogP contribution in [0.1, 0.15) is 25.0 Å². The summed E-state index contributed by atoms with van der Waals surface area (Å²) in [7, 11) is 0. The van der Waals surface area contributed by atoms with Crippen molar-refractivity contribution in [3.05, 3.63) is 62.7 Å². The molecule has 1 aliphatic rings. The van der Waals surface area contributed by atoms with E-state index in [4.69, 9.17) is 25.8 Å². The molecule has 0 saturated heterocycles. The van der Waals surface area contributed by atoms with Crippen molar-refractivity contribution in [1.82, 2.24) is 0 Å². The molecule has 1 heterocycles. The predicted octanol–water partition coefficient (Wildman–Crippen LogP) is 4.77. The molecule has 8 heteroatoms. The number of carbonyl (C=O) groups excluding carboxylic acids is 2. The fourth-order valence-electron chi connectivity index (χ4n) is 2.49. The molecule has 1 aliphatic heterocycles. The Kier molecular flexibility index (Phi) is 6.16. The summed E-state index contributed by atoms with van der Waals surface area (Å²) in [6.07, 6.45) is 1.53. The van der Waals surface area contributed by atoms with Crippen LogP contribution in [-0.2, 0) is 14.3 Å². The predicted molar refractivity (Wildman–Crippen MR) is 109 cm³/mol. The van der Waals surface area contributed by atoms with Gasteiger partial charge in [-0.2, -0.15) is 0 Å². The summed E-state index contributed by atoms with van der Waals surface area (Å²) < 4.78 is 16.7. The van der Waals surface area contributed by atoms with Crippen LogP contribution < -0.4 is 9.47 Å². The molecule has 0 N–H and O–H groups in total. The minimum atomic E-state index is -0.580. The highest BCUT2D eigenvalue weighted by atomic mass is 79.9. The molecule has 144 valence electrons. The summed E-state index contributed by atoms with van der Waals surface area (Å²) in [5, 5.41) is 0.175. The van der Waals surface area contributed by atoms with Crippen molar-refractivity contribution in [1.29, 1.82) is 0 Å². The molecule has 0 unspecified atom stereocenters. The van der Waals surface area contributed by atoms with Gasteiger partial charge in [-0.05, 0) is 58.8 Å². The third-order valence-corrected chi connectivity index (χ3v) is 4.58. The first-order valence-electron chi connectivity index (χ1n) is 8.31. The molecule has 3 rings (SSSR count). The Labute approximate surface area is 174 Å². The molecule has 28 heavy (non-hydrogen) atoms. The van der Waals surface area contributed by atoms with Gasteiger partial charge < -0.3 is 14.2 Å². The third-order valence-electron chi connectivity index (χ3n) is 3.61. The summed E-state index contributed by atoms with van der Waals surface area (Å²) in [6, 6.07) is 10.4. The van der Waals surface area contributed by atoms with Crippen molar-refractivity contribution in [3.8, 4) is 11.5 Å². The normalized spacial score (nSPS) is 14.6. The van der Waals surface area contributed by atoms with Gasteiger partial charge in [-0.3, -0.25) is 4.79 Å². The Hall–Kier alpha value is -2.64. The Bertz CT molecular complexity index is 1020. The molecule has 0 fully saturated rings. The Morgan fingerprint density at radius 1 is 1.32 bits per heavy atom. The van der Waals surface area contributed by atoms with Crippen molar-refractivity contribution in [2.45, 2.75) is 13.8 Å². The van der Waals surface area contributed by atoms with Gasteiger partial charge in [-0.1, -0.05) is 23.7 Å². The molecule has 6 nitrogen and oxygen atoms in total. The van der Waals surface area contributed by atoms with Crippen LogP contribution in [0.3, 0.4) is 0 Å². The van der Waals surface area contributed by atoms with Gasteiger partial charge in [0.25, 0.3) is 0 Å².